The molecule has 0 radical (unpaired) electrons. The lowest BCUT2D eigenvalue weighted by molar-refractivity contribution is -0.132. The molecule has 1 saturated heterocycles. The van der Waals surface area contributed by atoms with Crippen LogP contribution in [0.5, 0.6) is 23.0 Å². The quantitative estimate of drug-likeness (QED) is 0.189. The predicted octanol–water partition coefficient (Wildman–Crippen LogP) is 6.01. The smallest absolute Gasteiger partial charge is 0.300 e. The van der Waals surface area contributed by atoms with Gasteiger partial charge in [-0.25, -0.2) is 4.39 Å². The highest BCUT2D eigenvalue weighted by atomic mass is 35.5. The van der Waals surface area contributed by atoms with E-state index in [0.29, 0.717) is 17.9 Å². The molecule has 1 atom stereocenters. The summed E-state index contributed by atoms with van der Waals surface area (Å²) in [5.74, 6) is -2.40. The molecule has 204 valence electrons. The van der Waals surface area contributed by atoms with E-state index >= 15 is 0 Å². The minimum atomic E-state index is -1.17. The fourth-order valence-corrected chi connectivity index (χ4v) is 4.57. The number of nitrogens with zero attached hydrogens (tertiary/aromatic N) is 1. The minimum Gasteiger partial charge on any atom is -0.507 e. The molecule has 0 bridgehead atoms. The van der Waals surface area contributed by atoms with Crippen molar-refractivity contribution in [3.8, 4) is 23.0 Å². The summed E-state index contributed by atoms with van der Waals surface area (Å²) in [7, 11) is 0. The number of amides is 1. The van der Waals surface area contributed by atoms with Crippen molar-refractivity contribution in [2.75, 3.05) is 24.7 Å². The number of hydrogen-bond donors (Lipinski definition) is 2. The predicted molar refractivity (Wildman–Crippen MR) is 144 cm³/mol. The third kappa shape index (κ3) is 5.35. The molecule has 3 aromatic carbocycles. The number of carbonyl (C=O) groups is 2. The zero-order valence-electron chi connectivity index (χ0n) is 21.5. The number of halogens is 2. The summed E-state index contributed by atoms with van der Waals surface area (Å²) < 4.78 is 30.7. The number of Topliss-reactive ketones (excluding diaryl/α,β-unsaturated/α-hetero) is 1. The summed E-state index contributed by atoms with van der Waals surface area (Å²) in [5.41, 5.74) is 0.416. The molecular formula is C29H27ClFNO7. The Labute approximate surface area is 229 Å². The number of aliphatic hydroxyl groups is 1. The number of aliphatic hydroxyl groups excluding tert-OH is 1. The van der Waals surface area contributed by atoms with Crippen molar-refractivity contribution in [3.63, 3.8) is 0 Å². The number of phenolic OH excluding ortho intramolecular Hbond substituents is 1. The third-order valence-corrected chi connectivity index (χ3v) is 6.33. The molecular weight excluding hydrogens is 529 g/mol. The van der Waals surface area contributed by atoms with Gasteiger partial charge in [0.05, 0.1) is 42.0 Å². The van der Waals surface area contributed by atoms with E-state index in [9.17, 15) is 24.2 Å². The Hall–Kier alpha value is -4.24. The SMILES string of the molecule is CCOc1ccc(/C(O)=C2\C(=O)C(=O)N(c3ccc(F)c(Cl)c3)C2c2ccc(O)c(OCC)c2)c(OCC)c1. The van der Waals surface area contributed by atoms with E-state index in [-0.39, 0.29) is 52.3 Å². The number of phenols is 1. The Morgan fingerprint density at radius 1 is 0.923 bits per heavy atom. The molecule has 1 aliphatic rings. The summed E-state index contributed by atoms with van der Waals surface area (Å²) in [6.07, 6.45) is 0. The molecule has 0 aromatic heterocycles. The van der Waals surface area contributed by atoms with Gasteiger partial charge in [-0.1, -0.05) is 17.7 Å². The van der Waals surface area contributed by atoms with E-state index in [1.54, 1.807) is 26.0 Å². The van der Waals surface area contributed by atoms with Crippen LogP contribution in [-0.2, 0) is 9.59 Å². The molecule has 3 aromatic rings. The second-order valence-electron chi connectivity index (χ2n) is 8.45. The molecule has 10 heteroatoms. The first kappa shape index (κ1) is 27.8. The number of rotatable bonds is 9. The van der Waals surface area contributed by atoms with Crippen LogP contribution in [-0.4, -0.2) is 41.7 Å². The number of anilines is 1. The van der Waals surface area contributed by atoms with Gasteiger partial charge in [-0.05, 0) is 68.8 Å². The Morgan fingerprint density at radius 3 is 2.28 bits per heavy atom. The number of carbonyl (C=O) groups excluding carboxylic acids is 2. The molecule has 1 amide bonds. The average Bonchev–Trinajstić information content (AvgIpc) is 3.17. The molecule has 39 heavy (non-hydrogen) atoms. The van der Waals surface area contributed by atoms with Crippen molar-refractivity contribution in [2.24, 2.45) is 0 Å². The monoisotopic (exact) mass is 555 g/mol. The number of ether oxygens (including phenoxy) is 3. The van der Waals surface area contributed by atoms with Crippen LogP contribution in [0, 0.1) is 5.82 Å². The summed E-state index contributed by atoms with van der Waals surface area (Å²) in [6.45, 7) is 6.24. The van der Waals surface area contributed by atoms with Gasteiger partial charge in [0, 0.05) is 11.8 Å². The lowest BCUT2D eigenvalue weighted by atomic mass is 9.94. The largest absolute Gasteiger partial charge is 0.507 e. The molecule has 1 heterocycles. The summed E-state index contributed by atoms with van der Waals surface area (Å²) in [6, 6.07) is 11.5. The Balaban J connectivity index is 1.98. The van der Waals surface area contributed by atoms with Gasteiger partial charge in [-0.15, -0.1) is 0 Å². The van der Waals surface area contributed by atoms with Crippen LogP contribution in [0.4, 0.5) is 10.1 Å². The first-order valence-electron chi connectivity index (χ1n) is 12.3. The molecule has 8 nitrogen and oxygen atoms in total. The number of benzene rings is 3. The fraction of sp³-hybridized carbons (Fsp3) is 0.241. The zero-order valence-corrected chi connectivity index (χ0v) is 22.3. The number of aromatic hydroxyl groups is 1. The van der Waals surface area contributed by atoms with Crippen LogP contribution in [0.1, 0.15) is 37.9 Å². The first-order chi connectivity index (χ1) is 18.7. The van der Waals surface area contributed by atoms with Gasteiger partial charge >= 0.3 is 0 Å². The van der Waals surface area contributed by atoms with Gasteiger partial charge in [0.2, 0.25) is 0 Å². The van der Waals surface area contributed by atoms with E-state index in [4.69, 9.17) is 25.8 Å². The van der Waals surface area contributed by atoms with Crippen molar-refractivity contribution < 1.29 is 38.4 Å². The lowest BCUT2D eigenvalue weighted by Gasteiger charge is -2.26. The lowest BCUT2D eigenvalue weighted by Crippen LogP contribution is -2.29. The topological polar surface area (TPSA) is 106 Å². The Kier molecular flexibility index (Phi) is 8.30. The zero-order chi connectivity index (χ0) is 28.3. The number of ketones is 1. The molecule has 1 fully saturated rings. The van der Waals surface area contributed by atoms with Crippen LogP contribution in [0.15, 0.2) is 60.2 Å². The van der Waals surface area contributed by atoms with Gasteiger partial charge in [0.1, 0.15) is 23.1 Å². The molecule has 1 unspecified atom stereocenters. The molecule has 0 aliphatic carbocycles. The van der Waals surface area contributed by atoms with E-state index in [1.165, 1.54) is 36.4 Å². The molecule has 1 aliphatic heterocycles. The molecule has 0 spiro atoms. The van der Waals surface area contributed by atoms with Gasteiger partial charge < -0.3 is 24.4 Å². The summed E-state index contributed by atoms with van der Waals surface area (Å²) in [5, 5.41) is 21.6. The van der Waals surface area contributed by atoms with Crippen LogP contribution in [0.25, 0.3) is 5.76 Å². The van der Waals surface area contributed by atoms with Gasteiger partial charge in [-0.2, -0.15) is 0 Å². The maximum absolute atomic E-state index is 14.0. The third-order valence-electron chi connectivity index (χ3n) is 6.04. The van der Waals surface area contributed by atoms with Gasteiger partial charge in [-0.3, -0.25) is 14.5 Å². The van der Waals surface area contributed by atoms with Crippen LogP contribution in [0.2, 0.25) is 5.02 Å². The number of hydrogen-bond acceptors (Lipinski definition) is 7. The van der Waals surface area contributed by atoms with Crippen molar-refractivity contribution in [2.45, 2.75) is 26.8 Å². The fourth-order valence-electron chi connectivity index (χ4n) is 4.40. The van der Waals surface area contributed by atoms with Crippen molar-refractivity contribution in [1.82, 2.24) is 0 Å². The van der Waals surface area contributed by atoms with E-state index in [2.05, 4.69) is 0 Å². The molecule has 0 saturated carbocycles. The molecule has 2 N–H and O–H groups in total. The summed E-state index contributed by atoms with van der Waals surface area (Å²) >= 11 is 6.01. The van der Waals surface area contributed by atoms with Crippen molar-refractivity contribution in [1.29, 1.82) is 0 Å². The first-order valence-corrected chi connectivity index (χ1v) is 12.7. The van der Waals surface area contributed by atoms with Crippen molar-refractivity contribution >= 4 is 34.7 Å². The highest BCUT2D eigenvalue weighted by Gasteiger charge is 2.47. The maximum Gasteiger partial charge on any atom is 0.300 e. The molecule has 4 rings (SSSR count). The van der Waals surface area contributed by atoms with Gasteiger partial charge in [0.25, 0.3) is 11.7 Å². The normalized spacial score (nSPS) is 16.4. The Bertz CT molecular complexity index is 1460. The van der Waals surface area contributed by atoms with Crippen LogP contribution >= 0.6 is 11.6 Å². The second kappa shape index (κ2) is 11.7. The average molecular weight is 556 g/mol. The van der Waals surface area contributed by atoms with E-state index < -0.39 is 29.3 Å². The Morgan fingerprint density at radius 2 is 1.62 bits per heavy atom. The highest BCUT2D eigenvalue weighted by Crippen LogP contribution is 2.45. The van der Waals surface area contributed by atoms with Crippen LogP contribution in [0.3, 0.4) is 0 Å². The standard InChI is InChI=1S/C29H27ClFNO7/c1-4-37-18-9-10-19(23(15-18)38-5-2)27(34)25-26(16-7-12-22(33)24(13-16)39-6-3)32(29(36)28(25)35)17-8-11-21(31)20(30)14-17/h7-15,26,33-34H,4-6H2,1-3H3/b27-25+. The summed E-state index contributed by atoms with van der Waals surface area (Å²) in [4.78, 5) is 28.0. The maximum atomic E-state index is 14.0. The van der Waals surface area contributed by atoms with Crippen LogP contribution < -0.4 is 19.1 Å². The highest BCUT2D eigenvalue weighted by molar-refractivity contribution is 6.52. The van der Waals surface area contributed by atoms with E-state index in [0.717, 1.165) is 11.0 Å². The van der Waals surface area contributed by atoms with Gasteiger partial charge in [0.15, 0.2) is 11.5 Å². The minimum absolute atomic E-state index is 0.119. The van der Waals surface area contributed by atoms with E-state index in [1.807, 2.05) is 6.92 Å². The second-order valence-corrected chi connectivity index (χ2v) is 8.86. The van der Waals surface area contributed by atoms with Crippen molar-refractivity contribution in [3.05, 3.63) is 82.1 Å².